The van der Waals surface area contributed by atoms with E-state index >= 15 is 0 Å². The van der Waals surface area contributed by atoms with Crippen LogP contribution in [0.5, 0.6) is 5.75 Å². The van der Waals surface area contributed by atoms with Crippen LogP contribution in [0.2, 0.25) is 0 Å². The van der Waals surface area contributed by atoms with Gasteiger partial charge in [-0.25, -0.2) is 4.79 Å². The van der Waals surface area contributed by atoms with Gasteiger partial charge in [0.25, 0.3) is 0 Å². The molecule has 1 N–H and O–H groups in total. The summed E-state index contributed by atoms with van der Waals surface area (Å²) in [5.74, 6) is 0.824. The standard InChI is InChI=1S/C25H30N4O4S2/c1-7-11-29-22(18(6)33-20-10-9-15(3)12-16(20)4)27-28-25(29)34-14-21(30)26-23-19(13-17(5)35-23)24(31)32-8-2/h7,9-10,12-13,18H,1,8,11,14H2,2-6H3,(H,26,30). The van der Waals surface area contributed by atoms with Crippen molar-refractivity contribution in [3.8, 4) is 5.75 Å². The summed E-state index contributed by atoms with van der Waals surface area (Å²) in [6.45, 7) is 14.2. The maximum absolute atomic E-state index is 12.7. The number of hydrogen-bond donors (Lipinski definition) is 1. The van der Waals surface area contributed by atoms with Crippen LogP contribution in [0.1, 0.15) is 52.1 Å². The molecule has 0 bridgehead atoms. The maximum atomic E-state index is 12.7. The van der Waals surface area contributed by atoms with Gasteiger partial charge in [0.05, 0.1) is 17.9 Å². The molecule has 8 nitrogen and oxygen atoms in total. The number of thiophene rings is 1. The average molecular weight is 515 g/mol. The molecule has 0 aliphatic rings. The number of aromatic nitrogens is 3. The van der Waals surface area contributed by atoms with Gasteiger partial charge in [-0.1, -0.05) is 35.5 Å². The van der Waals surface area contributed by atoms with E-state index in [0.717, 1.165) is 16.2 Å². The highest BCUT2D eigenvalue weighted by Gasteiger charge is 2.22. The fourth-order valence-corrected chi connectivity index (χ4v) is 5.11. The molecular formula is C25H30N4O4S2. The zero-order valence-corrected chi connectivity index (χ0v) is 22.2. The lowest BCUT2D eigenvalue weighted by Crippen LogP contribution is -2.17. The van der Waals surface area contributed by atoms with Crippen molar-refractivity contribution in [1.82, 2.24) is 14.8 Å². The van der Waals surface area contributed by atoms with Crippen LogP contribution >= 0.6 is 23.1 Å². The monoisotopic (exact) mass is 514 g/mol. The molecule has 0 fully saturated rings. The Hall–Kier alpha value is -3.11. The number of hydrogen-bond acceptors (Lipinski definition) is 8. The van der Waals surface area contributed by atoms with Crippen LogP contribution < -0.4 is 10.1 Å². The van der Waals surface area contributed by atoms with Crippen molar-refractivity contribution in [3.05, 3.63) is 64.3 Å². The minimum absolute atomic E-state index is 0.0980. The van der Waals surface area contributed by atoms with Crippen LogP contribution in [0.4, 0.5) is 5.00 Å². The zero-order chi connectivity index (χ0) is 25.5. The van der Waals surface area contributed by atoms with Crippen molar-refractivity contribution in [2.75, 3.05) is 17.7 Å². The highest BCUT2D eigenvalue weighted by molar-refractivity contribution is 7.99. The molecule has 2 heterocycles. The Balaban J connectivity index is 1.69. The average Bonchev–Trinajstić information content (AvgIpc) is 3.37. The first-order valence-corrected chi connectivity index (χ1v) is 13.0. The number of nitrogens with zero attached hydrogens (tertiary/aromatic N) is 3. The number of ether oxygens (including phenoxy) is 2. The highest BCUT2D eigenvalue weighted by Crippen LogP contribution is 2.30. The summed E-state index contributed by atoms with van der Waals surface area (Å²) in [5, 5.41) is 12.5. The predicted molar refractivity (Wildman–Crippen MR) is 140 cm³/mol. The molecule has 2 aromatic heterocycles. The second kappa shape index (κ2) is 12.0. The fraction of sp³-hybridized carbons (Fsp3) is 0.360. The number of rotatable bonds is 11. The molecule has 1 unspecified atom stereocenters. The predicted octanol–water partition coefficient (Wildman–Crippen LogP) is 5.50. The molecule has 186 valence electrons. The molecule has 3 aromatic rings. The van der Waals surface area contributed by atoms with Crippen LogP contribution in [-0.4, -0.2) is 39.0 Å². The van der Waals surface area contributed by atoms with Crippen LogP contribution in [0.15, 0.2) is 42.1 Å². The van der Waals surface area contributed by atoms with Crippen molar-refractivity contribution < 1.29 is 19.1 Å². The van der Waals surface area contributed by atoms with E-state index in [9.17, 15) is 9.59 Å². The third kappa shape index (κ3) is 6.73. The summed E-state index contributed by atoms with van der Waals surface area (Å²) in [7, 11) is 0. The lowest BCUT2D eigenvalue weighted by atomic mass is 10.1. The first-order valence-electron chi connectivity index (χ1n) is 11.2. The number of carbonyl (C=O) groups is 2. The van der Waals surface area contributed by atoms with Crippen molar-refractivity contribution in [2.45, 2.75) is 52.4 Å². The van der Waals surface area contributed by atoms with Crippen LogP contribution in [0.25, 0.3) is 0 Å². The van der Waals surface area contributed by atoms with E-state index in [1.165, 1.54) is 28.7 Å². The van der Waals surface area contributed by atoms with Gasteiger partial charge in [-0.2, -0.15) is 0 Å². The Morgan fingerprint density at radius 1 is 1.26 bits per heavy atom. The number of allylic oxidation sites excluding steroid dienone is 1. The summed E-state index contributed by atoms with van der Waals surface area (Å²) >= 11 is 2.59. The summed E-state index contributed by atoms with van der Waals surface area (Å²) in [6.07, 6.45) is 1.40. The van der Waals surface area contributed by atoms with Gasteiger partial charge in [0.1, 0.15) is 10.8 Å². The van der Waals surface area contributed by atoms with Crippen molar-refractivity contribution in [2.24, 2.45) is 0 Å². The van der Waals surface area contributed by atoms with E-state index in [1.54, 1.807) is 19.1 Å². The van der Waals surface area contributed by atoms with Gasteiger partial charge in [-0.15, -0.1) is 28.1 Å². The molecule has 3 rings (SSSR count). The molecule has 0 aliphatic heterocycles. The Kier molecular flexibility index (Phi) is 9.11. The molecule has 0 spiro atoms. The fourth-order valence-electron chi connectivity index (χ4n) is 3.44. The number of nitrogens with one attached hydrogen (secondary N) is 1. The number of thioether (sulfide) groups is 1. The summed E-state index contributed by atoms with van der Waals surface area (Å²) in [5.41, 5.74) is 2.58. The normalized spacial score (nSPS) is 11.7. The lowest BCUT2D eigenvalue weighted by Gasteiger charge is -2.17. The molecule has 1 atom stereocenters. The smallest absolute Gasteiger partial charge is 0.341 e. The van der Waals surface area contributed by atoms with Gasteiger partial charge in [-0.3, -0.25) is 9.36 Å². The molecule has 0 saturated carbocycles. The van der Waals surface area contributed by atoms with Crippen LogP contribution in [-0.2, 0) is 16.1 Å². The van der Waals surface area contributed by atoms with Gasteiger partial charge >= 0.3 is 5.97 Å². The summed E-state index contributed by atoms with van der Waals surface area (Å²) in [6, 6.07) is 7.74. The van der Waals surface area contributed by atoms with Crippen molar-refractivity contribution >= 4 is 40.0 Å². The third-order valence-electron chi connectivity index (χ3n) is 4.99. The Labute approximate surface area is 213 Å². The largest absolute Gasteiger partial charge is 0.482 e. The van der Waals surface area contributed by atoms with Crippen LogP contribution in [0, 0.1) is 20.8 Å². The number of benzene rings is 1. The highest BCUT2D eigenvalue weighted by atomic mass is 32.2. The van der Waals surface area contributed by atoms with Gasteiger partial charge in [-0.05, 0) is 52.3 Å². The van der Waals surface area contributed by atoms with E-state index < -0.39 is 5.97 Å². The molecule has 0 saturated heterocycles. The zero-order valence-electron chi connectivity index (χ0n) is 20.6. The molecular weight excluding hydrogens is 484 g/mol. The second-order valence-corrected chi connectivity index (χ2v) is 10.1. The Bertz CT molecular complexity index is 1220. The Morgan fingerprint density at radius 2 is 2.03 bits per heavy atom. The molecule has 0 radical (unpaired) electrons. The molecule has 1 amide bonds. The number of esters is 1. The van der Waals surface area contributed by atoms with Crippen molar-refractivity contribution in [3.63, 3.8) is 0 Å². The summed E-state index contributed by atoms with van der Waals surface area (Å²) < 4.78 is 13.1. The topological polar surface area (TPSA) is 95.3 Å². The van der Waals surface area contributed by atoms with Crippen molar-refractivity contribution in [1.29, 1.82) is 0 Å². The lowest BCUT2D eigenvalue weighted by molar-refractivity contribution is -0.113. The quantitative estimate of drug-likeness (QED) is 0.205. The van der Waals surface area contributed by atoms with Gasteiger partial charge in [0.15, 0.2) is 17.1 Å². The minimum Gasteiger partial charge on any atom is -0.482 e. The number of amides is 1. The van der Waals surface area contributed by atoms with Gasteiger partial charge in [0.2, 0.25) is 5.91 Å². The number of anilines is 1. The van der Waals surface area contributed by atoms with E-state index in [-0.39, 0.29) is 24.4 Å². The first kappa shape index (κ1) is 26.5. The summed E-state index contributed by atoms with van der Waals surface area (Å²) in [4.78, 5) is 25.7. The molecule has 1 aromatic carbocycles. The maximum Gasteiger partial charge on any atom is 0.341 e. The molecule has 0 aliphatic carbocycles. The van der Waals surface area contributed by atoms with E-state index in [1.807, 2.05) is 44.4 Å². The number of carbonyl (C=O) groups excluding carboxylic acids is 2. The van der Waals surface area contributed by atoms with Crippen LogP contribution in [0.3, 0.4) is 0 Å². The van der Waals surface area contributed by atoms with E-state index in [4.69, 9.17) is 9.47 Å². The minimum atomic E-state index is -0.451. The molecule has 35 heavy (non-hydrogen) atoms. The van der Waals surface area contributed by atoms with E-state index in [0.29, 0.717) is 28.1 Å². The van der Waals surface area contributed by atoms with E-state index in [2.05, 4.69) is 28.2 Å². The third-order valence-corrected chi connectivity index (χ3v) is 6.92. The molecule has 10 heteroatoms. The first-order chi connectivity index (χ1) is 16.7. The number of aryl methyl sites for hydroxylation is 3. The van der Waals surface area contributed by atoms with Gasteiger partial charge in [0, 0.05) is 11.4 Å². The SMILES string of the molecule is C=CCn1c(SCC(=O)Nc2sc(C)cc2C(=O)OCC)nnc1C(C)Oc1ccc(C)cc1C. The Morgan fingerprint density at radius 3 is 2.71 bits per heavy atom. The van der Waals surface area contributed by atoms with Gasteiger partial charge < -0.3 is 14.8 Å². The second-order valence-electron chi connectivity index (χ2n) is 7.93.